The molecule has 2 heteroatoms. The Hall–Kier alpha value is -0.340. The van der Waals surface area contributed by atoms with E-state index in [1.807, 2.05) is 31.0 Å². The molecule has 0 heterocycles. The van der Waals surface area contributed by atoms with E-state index in [2.05, 4.69) is 0 Å². The van der Waals surface area contributed by atoms with E-state index in [1.165, 1.54) is 0 Å². The van der Waals surface area contributed by atoms with Gasteiger partial charge in [-0.05, 0) is 20.9 Å². The summed E-state index contributed by atoms with van der Waals surface area (Å²) >= 11 is 0. The van der Waals surface area contributed by atoms with Crippen LogP contribution in [0.4, 0.5) is 0 Å². The highest BCUT2D eigenvalue weighted by Crippen LogP contribution is 1.88. The van der Waals surface area contributed by atoms with Crippen LogP contribution in [0.3, 0.4) is 0 Å². The zero-order valence-corrected chi connectivity index (χ0v) is 6.33. The van der Waals surface area contributed by atoms with Crippen LogP contribution in [0.2, 0.25) is 0 Å². The molecular weight excluding hydrogens is 114 g/mol. The van der Waals surface area contributed by atoms with E-state index in [1.54, 1.807) is 6.92 Å². The lowest BCUT2D eigenvalue weighted by molar-refractivity contribution is 0.0469. The first kappa shape index (κ1) is 8.66. The summed E-state index contributed by atoms with van der Waals surface area (Å²) in [6.07, 6.45) is 3.63. The van der Waals surface area contributed by atoms with E-state index in [-0.39, 0.29) is 6.23 Å². The lowest BCUT2D eigenvalue weighted by Gasteiger charge is -2.16. The molecular formula is C7H15NO. The number of hydrogen-bond donors (Lipinski definition) is 1. The normalized spacial score (nSPS) is 15.2. The second-order valence-corrected chi connectivity index (χ2v) is 2.14. The summed E-state index contributed by atoms with van der Waals surface area (Å²) in [5.41, 5.74) is 0. The smallest absolute Gasteiger partial charge is 0.104 e. The van der Waals surface area contributed by atoms with Crippen LogP contribution in [0.25, 0.3) is 0 Å². The Balaban J connectivity index is 3.38. The molecule has 1 N–H and O–H groups in total. The van der Waals surface area contributed by atoms with Crippen LogP contribution in [-0.2, 0) is 0 Å². The molecule has 2 nitrogen and oxygen atoms in total. The van der Waals surface area contributed by atoms with Crippen molar-refractivity contribution in [3.05, 3.63) is 12.2 Å². The van der Waals surface area contributed by atoms with E-state index in [9.17, 15) is 0 Å². The molecule has 0 amide bonds. The molecule has 0 spiro atoms. The molecule has 0 radical (unpaired) electrons. The zero-order valence-electron chi connectivity index (χ0n) is 6.33. The maximum absolute atomic E-state index is 8.94. The summed E-state index contributed by atoms with van der Waals surface area (Å²) in [6.45, 7) is 4.54. The number of hydrogen-bond acceptors (Lipinski definition) is 2. The first-order valence-electron chi connectivity index (χ1n) is 3.18. The molecule has 0 saturated heterocycles. The minimum atomic E-state index is -0.346. The number of likely N-dealkylation sites (N-methyl/N-ethyl adjacent to an activating group) is 1. The van der Waals surface area contributed by atoms with Crippen molar-refractivity contribution >= 4 is 0 Å². The molecule has 0 bridgehead atoms. The van der Waals surface area contributed by atoms with Gasteiger partial charge in [-0.25, -0.2) is 0 Å². The first-order valence-corrected chi connectivity index (χ1v) is 3.18. The van der Waals surface area contributed by atoms with Gasteiger partial charge < -0.3 is 5.11 Å². The number of aliphatic hydroxyl groups excluding tert-OH is 1. The van der Waals surface area contributed by atoms with Gasteiger partial charge in [0.1, 0.15) is 6.23 Å². The maximum atomic E-state index is 8.94. The highest BCUT2D eigenvalue weighted by Gasteiger charge is 1.99. The average Bonchev–Trinajstić information content (AvgIpc) is 1.82. The first-order chi connectivity index (χ1) is 4.18. The van der Waals surface area contributed by atoms with E-state index in [0.717, 1.165) is 6.54 Å². The van der Waals surface area contributed by atoms with Crippen molar-refractivity contribution in [1.82, 2.24) is 4.90 Å². The van der Waals surface area contributed by atoms with E-state index in [0.29, 0.717) is 0 Å². The van der Waals surface area contributed by atoms with Crippen molar-refractivity contribution in [3.63, 3.8) is 0 Å². The van der Waals surface area contributed by atoms with Crippen LogP contribution in [-0.4, -0.2) is 29.8 Å². The Morgan fingerprint density at radius 1 is 1.67 bits per heavy atom. The number of nitrogens with zero attached hydrogens (tertiary/aromatic N) is 1. The monoisotopic (exact) mass is 129 g/mol. The standard InChI is InChI=1S/C7H15NO/c1-4-5-6-8(3)7(2)9/h4-5,7,9H,6H2,1-3H3. The van der Waals surface area contributed by atoms with Gasteiger partial charge in [0.05, 0.1) is 0 Å². The highest BCUT2D eigenvalue weighted by molar-refractivity contribution is 4.79. The molecule has 0 aliphatic rings. The number of allylic oxidation sites excluding steroid dienone is 1. The van der Waals surface area contributed by atoms with Crippen LogP contribution < -0.4 is 0 Å². The van der Waals surface area contributed by atoms with E-state index >= 15 is 0 Å². The molecule has 1 unspecified atom stereocenters. The van der Waals surface area contributed by atoms with Crippen molar-refractivity contribution in [2.45, 2.75) is 20.1 Å². The molecule has 0 aliphatic carbocycles. The van der Waals surface area contributed by atoms with Gasteiger partial charge in [-0.15, -0.1) is 0 Å². The predicted octanol–water partition coefficient (Wildman–Crippen LogP) is 0.833. The molecule has 54 valence electrons. The molecule has 1 atom stereocenters. The minimum Gasteiger partial charge on any atom is -0.379 e. The van der Waals surface area contributed by atoms with Crippen molar-refractivity contribution in [2.24, 2.45) is 0 Å². The summed E-state index contributed by atoms with van der Waals surface area (Å²) in [7, 11) is 1.88. The third kappa shape index (κ3) is 4.18. The van der Waals surface area contributed by atoms with Crippen molar-refractivity contribution in [1.29, 1.82) is 0 Å². The Labute approximate surface area is 56.8 Å². The fraction of sp³-hybridized carbons (Fsp3) is 0.714. The van der Waals surface area contributed by atoms with Crippen LogP contribution in [0.15, 0.2) is 12.2 Å². The third-order valence-electron chi connectivity index (χ3n) is 1.27. The van der Waals surface area contributed by atoms with E-state index in [4.69, 9.17) is 5.11 Å². The average molecular weight is 129 g/mol. The van der Waals surface area contributed by atoms with Crippen LogP contribution in [0.5, 0.6) is 0 Å². The van der Waals surface area contributed by atoms with Crippen molar-refractivity contribution in [2.75, 3.05) is 13.6 Å². The molecule has 0 aromatic heterocycles. The topological polar surface area (TPSA) is 23.5 Å². The van der Waals surface area contributed by atoms with Gasteiger partial charge in [-0.1, -0.05) is 12.2 Å². The lowest BCUT2D eigenvalue weighted by Crippen LogP contribution is -2.28. The number of aliphatic hydroxyl groups is 1. The van der Waals surface area contributed by atoms with Crippen LogP contribution in [0, 0.1) is 0 Å². The molecule has 9 heavy (non-hydrogen) atoms. The molecule has 0 aromatic carbocycles. The molecule has 0 fully saturated rings. The second-order valence-electron chi connectivity index (χ2n) is 2.14. The fourth-order valence-corrected chi connectivity index (χ4v) is 0.424. The van der Waals surface area contributed by atoms with Crippen LogP contribution >= 0.6 is 0 Å². The van der Waals surface area contributed by atoms with Gasteiger partial charge in [0.2, 0.25) is 0 Å². The highest BCUT2D eigenvalue weighted by atomic mass is 16.3. The van der Waals surface area contributed by atoms with Gasteiger partial charge in [-0.2, -0.15) is 0 Å². The summed E-state index contributed by atoms with van der Waals surface area (Å²) < 4.78 is 0. The Morgan fingerprint density at radius 2 is 2.22 bits per heavy atom. The number of rotatable bonds is 3. The van der Waals surface area contributed by atoms with E-state index < -0.39 is 0 Å². The lowest BCUT2D eigenvalue weighted by atomic mass is 10.4. The molecule has 0 rings (SSSR count). The fourth-order valence-electron chi connectivity index (χ4n) is 0.424. The summed E-state index contributed by atoms with van der Waals surface area (Å²) in [4.78, 5) is 1.85. The van der Waals surface area contributed by atoms with Gasteiger partial charge in [0.25, 0.3) is 0 Å². The Morgan fingerprint density at radius 3 is 2.56 bits per heavy atom. The summed E-state index contributed by atoms with van der Waals surface area (Å²) in [5.74, 6) is 0. The van der Waals surface area contributed by atoms with Crippen molar-refractivity contribution < 1.29 is 5.11 Å². The molecule has 0 aliphatic heterocycles. The van der Waals surface area contributed by atoms with Crippen molar-refractivity contribution in [3.8, 4) is 0 Å². The van der Waals surface area contributed by atoms with Gasteiger partial charge >= 0.3 is 0 Å². The van der Waals surface area contributed by atoms with Gasteiger partial charge in [-0.3, -0.25) is 4.90 Å². The third-order valence-corrected chi connectivity index (χ3v) is 1.27. The Kier molecular flexibility index (Phi) is 4.36. The SMILES string of the molecule is CC=CCN(C)C(C)O. The summed E-state index contributed by atoms with van der Waals surface area (Å²) in [6, 6.07) is 0. The van der Waals surface area contributed by atoms with Gasteiger partial charge in [0.15, 0.2) is 0 Å². The molecule has 0 saturated carbocycles. The predicted molar refractivity (Wildman–Crippen MR) is 39.1 cm³/mol. The quantitative estimate of drug-likeness (QED) is 0.450. The maximum Gasteiger partial charge on any atom is 0.104 e. The Bertz CT molecular complexity index is 88.9. The minimum absolute atomic E-state index is 0.346. The van der Waals surface area contributed by atoms with Crippen LogP contribution in [0.1, 0.15) is 13.8 Å². The second kappa shape index (κ2) is 4.53. The van der Waals surface area contributed by atoms with Gasteiger partial charge in [0, 0.05) is 6.54 Å². The molecule has 0 aromatic rings. The largest absolute Gasteiger partial charge is 0.379 e. The zero-order chi connectivity index (χ0) is 7.28. The summed E-state index contributed by atoms with van der Waals surface area (Å²) in [5, 5.41) is 8.94.